The van der Waals surface area contributed by atoms with Crippen molar-refractivity contribution in [3.63, 3.8) is 0 Å². The number of amidine groups is 1. The van der Waals surface area contributed by atoms with Crippen molar-refractivity contribution in [1.29, 1.82) is 0 Å². The number of nitrogens with two attached hydrogens (primary N) is 1. The highest BCUT2D eigenvalue weighted by molar-refractivity contribution is 6.00. The van der Waals surface area contributed by atoms with Crippen molar-refractivity contribution in [2.24, 2.45) is 10.7 Å². The maximum Gasteiger partial charge on any atom is 0.234 e. The second-order valence-electron chi connectivity index (χ2n) is 2.13. The lowest BCUT2D eigenvalue weighted by Crippen LogP contribution is -2.13. The summed E-state index contributed by atoms with van der Waals surface area (Å²) in [6.45, 7) is 0. The van der Waals surface area contributed by atoms with E-state index in [1.807, 2.05) is 0 Å². The zero-order valence-corrected chi connectivity index (χ0v) is 6.20. The van der Waals surface area contributed by atoms with E-state index in [4.69, 9.17) is 5.73 Å². The molecule has 0 spiro atoms. The zero-order valence-electron chi connectivity index (χ0n) is 6.20. The van der Waals surface area contributed by atoms with Crippen LogP contribution in [-0.4, -0.2) is 12.2 Å². The van der Waals surface area contributed by atoms with Gasteiger partial charge < -0.3 is 5.73 Å². The van der Waals surface area contributed by atoms with E-state index in [1.165, 1.54) is 18.2 Å². The number of aliphatic imine (C=N–C) groups is 1. The lowest BCUT2D eigenvalue weighted by atomic mass is 10.2. The Morgan fingerprint density at radius 3 is 2.92 bits per heavy atom. The molecule has 62 valence electrons. The molecule has 1 amide bonds. The van der Waals surface area contributed by atoms with Crippen LogP contribution < -0.4 is 5.73 Å². The Morgan fingerprint density at radius 1 is 1.58 bits per heavy atom. The summed E-state index contributed by atoms with van der Waals surface area (Å²) < 4.78 is 12.6. The molecule has 2 N–H and O–H groups in total. The highest BCUT2D eigenvalue weighted by Gasteiger charge is 1.97. The first-order chi connectivity index (χ1) is 5.74. The highest BCUT2D eigenvalue weighted by Crippen LogP contribution is 2.02. The van der Waals surface area contributed by atoms with Crippen LogP contribution in [0, 0.1) is 5.82 Å². The second kappa shape index (κ2) is 3.61. The number of nitrogens with zero attached hydrogens (tertiary/aromatic N) is 1. The molecule has 1 aromatic carbocycles. The molecule has 12 heavy (non-hydrogen) atoms. The van der Waals surface area contributed by atoms with E-state index in [1.54, 1.807) is 6.07 Å². The monoisotopic (exact) mass is 166 g/mol. The molecule has 0 atom stereocenters. The lowest BCUT2D eigenvalue weighted by molar-refractivity contribution is -0.106. The number of benzene rings is 1. The number of halogens is 1. The molecule has 0 aromatic heterocycles. The van der Waals surface area contributed by atoms with Crippen molar-refractivity contribution in [3.05, 3.63) is 35.6 Å². The number of carbonyl (C=O) groups excluding carboxylic acids is 1. The third-order valence-corrected chi connectivity index (χ3v) is 1.31. The van der Waals surface area contributed by atoms with Gasteiger partial charge in [0.25, 0.3) is 0 Å². The Bertz CT molecular complexity index is 323. The van der Waals surface area contributed by atoms with Gasteiger partial charge in [0, 0.05) is 5.56 Å². The van der Waals surface area contributed by atoms with Gasteiger partial charge in [-0.25, -0.2) is 4.39 Å². The summed E-state index contributed by atoms with van der Waals surface area (Å²) >= 11 is 0. The molecule has 1 aromatic rings. The van der Waals surface area contributed by atoms with E-state index < -0.39 is 5.82 Å². The van der Waals surface area contributed by atoms with E-state index in [0.717, 1.165) is 0 Å². The standard InChI is InChI=1S/C8H7FN2O/c9-7-3-1-2-6(4-7)8(10)11-5-12/h1-5H,(H2,10,11,12). The molecule has 0 aliphatic carbocycles. The van der Waals surface area contributed by atoms with Crippen molar-refractivity contribution in [3.8, 4) is 0 Å². The Balaban J connectivity index is 3.03. The molecule has 4 heteroatoms. The molecule has 0 aliphatic heterocycles. The van der Waals surface area contributed by atoms with E-state index in [0.29, 0.717) is 12.0 Å². The maximum absolute atomic E-state index is 12.6. The van der Waals surface area contributed by atoms with Crippen molar-refractivity contribution in [1.82, 2.24) is 0 Å². The number of hydrogen-bond donors (Lipinski definition) is 1. The predicted octanol–water partition coefficient (Wildman–Crippen LogP) is 0.687. The molecule has 1 rings (SSSR count). The quantitative estimate of drug-likeness (QED) is 0.399. The molecule has 0 fully saturated rings. The molecule has 0 saturated carbocycles. The van der Waals surface area contributed by atoms with Gasteiger partial charge in [0.2, 0.25) is 6.41 Å². The van der Waals surface area contributed by atoms with Crippen molar-refractivity contribution >= 4 is 12.2 Å². The summed E-state index contributed by atoms with van der Waals surface area (Å²) in [5.41, 5.74) is 5.73. The van der Waals surface area contributed by atoms with Gasteiger partial charge in [-0.15, -0.1) is 0 Å². The van der Waals surface area contributed by atoms with Crippen LogP contribution in [-0.2, 0) is 4.79 Å². The highest BCUT2D eigenvalue weighted by atomic mass is 19.1. The summed E-state index contributed by atoms with van der Waals surface area (Å²) in [6.07, 6.45) is 0.320. The third-order valence-electron chi connectivity index (χ3n) is 1.31. The van der Waals surface area contributed by atoms with E-state index in [2.05, 4.69) is 4.99 Å². The normalized spacial score (nSPS) is 11.2. The number of carbonyl (C=O) groups is 1. The fraction of sp³-hybridized carbons (Fsp3) is 0. The van der Waals surface area contributed by atoms with E-state index in [9.17, 15) is 9.18 Å². The van der Waals surface area contributed by atoms with E-state index >= 15 is 0 Å². The first kappa shape index (κ1) is 8.39. The van der Waals surface area contributed by atoms with Crippen molar-refractivity contribution < 1.29 is 9.18 Å². The average molecular weight is 166 g/mol. The number of rotatable bonds is 2. The van der Waals surface area contributed by atoms with Crippen molar-refractivity contribution in [2.45, 2.75) is 0 Å². The topological polar surface area (TPSA) is 55.4 Å². The van der Waals surface area contributed by atoms with Crippen LogP contribution in [0.3, 0.4) is 0 Å². The maximum atomic E-state index is 12.6. The number of amides is 1. The van der Waals surface area contributed by atoms with Gasteiger partial charge in [-0.2, -0.15) is 4.99 Å². The Morgan fingerprint density at radius 2 is 2.33 bits per heavy atom. The minimum atomic E-state index is -0.406. The molecule has 0 unspecified atom stereocenters. The van der Waals surface area contributed by atoms with Crippen molar-refractivity contribution in [2.75, 3.05) is 0 Å². The minimum absolute atomic E-state index is 0.0181. The summed E-state index contributed by atoms with van der Waals surface area (Å²) in [7, 11) is 0. The van der Waals surface area contributed by atoms with Gasteiger partial charge in [0.05, 0.1) is 0 Å². The fourth-order valence-corrected chi connectivity index (χ4v) is 0.779. The van der Waals surface area contributed by atoms with Gasteiger partial charge in [0.1, 0.15) is 11.7 Å². The average Bonchev–Trinajstić information content (AvgIpc) is 2.05. The lowest BCUT2D eigenvalue weighted by Gasteiger charge is -1.97. The molecule has 0 heterocycles. The van der Waals surface area contributed by atoms with Crippen LogP contribution in [0.2, 0.25) is 0 Å². The zero-order chi connectivity index (χ0) is 8.97. The Labute approximate surface area is 68.7 Å². The Kier molecular flexibility index (Phi) is 2.53. The van der Waals surface area contributed by atoms with Crippen LogP contribution in [0.5, 0.6) is 0 Å². The largest absolute Gasteiger partial charge is 0.383 e. The number of hydrogen-bond acceptors (Lipinski definition) is 1. The van der Waals surface area contributed by atoms with Crippen LogP contribution in [0.4, 0.5) is 4.39 Å². The minimum Gasteiger partial charge on any atom is -0.383 e. The fourth-order valence-electron chi connectivity index (χ4n) is 0.779. The van der Waals surface area contributed by atoms with Crippen LogP contribution in [0.1, 0.15) is 5.56 Å². The molecule has 0 saturated heterocycles. The molecule has 0 bridgehead atoms. The second-order valence-corrected chi connectivity index (χ2v) is 2.13. The summed E-state index contributed by atoms with van der Waals surface area (Å²) in [5.74, 6) is -0.388. The summed E-state index contributed by atoms with van der Waals surface area (Å²) in [5, 5.41) is 0. The summed E-state index contributed by atoms with van der Waals surface area (Å²) in [6, 6.07) is 5.57. The smallest absolute Gasteiger partial charge is 0.234 e. The SMILES string of the molecule is NC(=NC=O)c1cccc(F)c1. The first-order valence-electron chi connectivity index (χ1n) is 3.27. The van der Waals surface area contributed by atoms with Gasteiger partial charge in [-0.3, -0.25) is 4.79 Å². The molecular weight excluding hydrogens is 159 g/mol. The van der Waals surface area contributed by atoms with Gasteiger partial charge in [0.15, 0.2) is 0 Å². The summed E-state index contributed by atoms with van der Waals surface area (Å²) in [4.78, 5) is 13.2. The van der Waals surface area contributed by atoms with Crippen LogP contribution in [0.15, 0.2) is 29.3 Å². The first-order valence-corrected chi connectivity index (χ1v) is 3.27. The van der Waals surface area contributed by atoms with E-state index in [-0.39, 0.29) is 5.84 Å². The van der Waals surface area contributed by atoms with Crippen LogP contribution >= 0.6 is 0 Å². The molecule has 0 aliphatic rings. The van der Waals surface area contributed by atoms with Gasteiger partial charge >= 0.3 is 0 Å². The van der Waals surface area contributed by atoms with Gasteiger partial charge in [-0.1, -0.05) is 12.1 Å². The molecule has 0 radical (unpaired) electrons. The van der Waals surface area contributed by atoms with Crippen LogP contribution in [0.25, 0.3) is 0 Å². The molecular formula is C8H7FN2O. The van der Waals surface area contributed by atoms with Gasteiger partial charge in [-0.05, 0) is 12.1 Å². The molecule has 3 nitrogen and oxygen atoms in total. The Hall–Kier alpha value is -1.71. The third kappa shape index (κ3) is 1.88. The predicted molar refractivity (Wildman–Crippen MR) is 43.2 cm³/mol.